The first-order chi connectivity index (χ1) is 8.24. The second-order valence-electron chi connectivity index (χ2n) is 4.48. The molecule has 110 valence electrons. The molecule has 0 amide bonds. The van der Waals surface area contributed by atoms with Gasteiger partial charge in [-0.25, -0.2) is 0 Å². The van der Waals surface area contributed by atoms with Crippen LogP contribution in [0, 0.1) is 0 Å². The minimum Gasteiger partial charge on any atom is -0.492 e. The van der Waals surface area contributed by atoms with Gasteiger partial charge >= 0.3 is 0 Å². The number of piperidine rings is 1. The van der Waals surface area contributed by atoms with Crippen LogP contribution in [0.3, 0.4) is 0 Å². The van der Waals surface area contributed by atoms with Crippen molar-refractivity contribution in [3.05, 3.63) is 28.7 Å². The maximum Gasteiger partial charge on any atom is 0.119 e. The third-order valence-electron chi connectivity index (χ3n) is 3.12. The van der Waals surface area contributed by atoms with E-state index in [1.165, 1.54) is 0 Å². The molecule has 0 unspecified atom stereocenters. The highest BCUT2D eigenvalue weighted by Crippen LogP contribution is 2.16. The summed E-state index contributed by atoms with van der Waals surface area (Å²) in [5.74, 6) is 0.932. The van der Waals surface area contributed by atoms with E-state index in [-0.39, 0.29) is 24.8 Å². The van der Waals surface area contributed by atoms with E-state index in [0.29, 0.717) is 6.04 Å². The van der Waals surface area contributed by atoms with E-state index >= 15 is 0 Å². The number of hydrogen-bond donors (Lipinski definition) is 1. The molecule has 1 aromatic rings. The van der Waals surface area contributed by atoms with E-state index in [1.807, 2.05) is 24.3 Å². The smallest absolute Gasteiger partial charge is 0.119 e. The van der Waals surface area contributed by atoms with Crippen LogP contribution < -0.4 is 10.5 Å². The number of likely N-dealkylation sites (tertiary alicyclic amines) is 1. The highest BCUT2D eigenvalue weighted by atomic mass is 79.9. The van der Waals surface area contributed by atoms with Gasteiger partial charge in [0.15, 0.2) is 0 Å². The zero-order valence-electron chi connectivity index (χ0n) is 10.8. The van der Waals surface area contributed by atoms with Gasteiger partial charge in [0.05, 0.1) is 0 Å². The summed E-state index contributed by atoms with van der Waals surface area (Å²) in [5.41, 5.74) is 5.87. The average Bonchev–Trinajstić information content (AvgIpc) is 2.34. The molecule has 0 bridgehead atoms. The second kappa shape index (κ2) is 9.83. The Morgan fingerprint density at radius 3 is 2.32 bits per heavy atom. The number of hydrogen-bond acceptors (Lipinski definition) is 3. The first kappa shape index (κ1) is 19.0. The summed E-state index contributed by atoms with van der Waals surface area (Å²) in [7, 11) is 0. The summed E-state index contributed by atoms with van der Waals surface area (Å²) >= 11 is 3.41. The largest absolute Gasteiger partial charge is 0.492 e. The molecule has 0 radical (unpaired) electrons. The van der Waals surface area contributed by atoms with E-state index in [4.69, 9.17) is 10.5 Å². The Labute approximate surface area is 135 Å². The van der Waals surface area contributed by atoms with Crippen LogP contribution in [0.2, 0.25) is 0 Å². The molecule has 1 aliphatic heterocycles. The molecule has 6 heteroatoms. The zero-order valence-corrected chi connectivity index (χ0v) is 14.0. The second-order valence-corrected chi connectivity index (χ2v) is 5.40. The van der Waals surface area contributed by atoms with Gasteiger partial charge in [-0.05, 0) is 50.2 Å². The molecule has 1 heterocycles. The maximum atomic E-state index is 5.87. The molecule has 1 fully saturated rings. The Morgan fingerprint density at radius 2 is 1.74 bits per heavy atom. The lowest BCUT2D eigenvalue weighted by molar-refractivity contribution is 0.174. The lowest BCUT2D eigenvalue weighted by atomic mass is 10.1. The van der Waals surface area contributed by atoms with Crippen molar-refractivity contribution < 1.29 is 4.74 Å². The molecule has 19 heavy (non-hydrogen) atoms. The summed E-state index contributed by atoms with van der Waals surface area (Å²) < 4.78 is 6.78. The van der Waals surface area contributed by atoms with Gasteiger partial charge < -0.3 is 10.5 Å². The van der Waals surface area contributed by atoms with Crippen LogP contribution in [0.25, 0.3) is 0 Å². The number of halogens is 3. The molecule has 3 nitrogen and oxygen atoms in total. The first-order valence-electron chi connectivity index (χ1n) is 6.10. The van der Waals surface area contributed by atoms with E-state index in [0.717, 1.165) is 49.3 Å². The molecule has 0 aromatic heterocycles. The van der Waals surface area contributed by atoms with Crippen molar-refractivity contribution in [2.75, 3.05) is 26.2 Å². The molecule has 0 aliphatic carbocycles. The van der Waals surface area contributed by atoms with Gasteiger partial charge in [0.25, 0.3) is 0 Å². The van der Waals surface area contributed by atoms with Crippen molar-refractivity contribution >= 4 is 40.7 Å². The summed E-state index contributed by atoms with van der Waals surface area (Å²) in [5, 5.41) is 0. The Hall–Kier alpha value is -0.000000000000000111. The summed E-state index contributed by atoms with van der Waals surface area (Å²) in [6, 6.07) is 8.36. The quantitative estimate of drug-likeness (QED) is 0.883. The molecule has 0 saturated carbocycles. The van der Waals surface area contributed by atoms with Crippen molar-refractivity contribution in [2.45, 2.75) is 18.9 Å². The van der Waals surface area contributed by atoms with Crippen LogP contribution in [0.1, 0.15) is 12.8 Å². The summed E-state index contributed by atoms with van der Waals surface area (Å²) in [6.45, 7) is 3.94. The lowest BCUT2D eigenvalue weighted by Crippen LogP contribution is -2.41. The monoisotopic (exact) mass is 370 g/mol. The van der Waals surface area contributed by atoms with Crippen LogP contribution in [-0.4, -0.2) is 37.2 Å². The highest BCUT2D eigenvalue weighted by molar-refractivity contribution is 9.10. The minimum atomic E-state index is 0. The highest BCUT2D eigenvalue weighted by Gasteiger charge is 2.15. The fourth-order valence-electron chi connectivity index (χ4n) is 2.00. The zero-order chi connectivity index (χ0) is 12.1. The van der Waals surface area contributed by atoms with Crippen molar-refractivity contribution in [3.63, 3.8) is 0 Å². The number of nitrogens with zero attached hydrogens (tertiary/aromatic N) is 1. The lowest BCUT2D eigenvalue weighted by Gasteiger charge is -2.29. The molecule has 1 aliphatic rings. The van der Waals surface area contributed by atoms with Gasteiger partial charge in [-0.2, -0.15) is 0 Å². The predicted octanol–water partition coefficient (Wildman–Crippen LogP) is 3.09. The number of nitrogens with two attached hydrogens (primary N) is 1. The van der Waals surface area contributed by atoms with Crippen molar-refractivity contribution in [1.29, 1.82) is 0 Å². The van der Waals surface area contributed by atoms with E-state index < -0.39 is 0 Å². The van der Waals surface area contributed by atoms with Gasteiger partial charge in [0.2, 0.25) is 0 Å². The molecule has 0 spiro atoms. The molecular formula is C13H21BrCl2N2O. The third-order valence-corrected chi connectivity index (χ3v) is 3.65. The maximum absolute atomic E-state index is 5.87. The molecule has 2 rings (SSSR count). The van der Waals surface area contributed by atoms with Gasteiger partial charge in [-0.15, -0.1) is 24.8 Å². The Bertz CT molecular complexity index is 343. The van der Waals surface area contributed by atoms with Gasteiger partial charge in [0, 0.05) is 17.1 Å². The van der Waals surface area contributed by atoms with Gasteiger partial charge in [-0.1, -0.05) is 15.9 Å². The molecule has 2 N–H and O–H groups in total. The predicted molar refractivity (Wildman–Crippen MR) is 87.8 cm³/mol. The fourth-order valence-corrected chi connectivity index (χ4v) is 2.26. The normalized spacial score (nSPS) is 16.3. The molecule has 1 aromatic carbocycles. The Kier molecular flexibility index (Phi) is 9.83. The van der Waals surface area contributed by atoms with Crippen LogP contribution in [0.4, 0.5) is 0 Å². The molecule has 1 saturated heterocycles. The molecular weight excluding hydrogens is 351 g/mol. The summed E-state index contributed by atoms with van der Waals surface area (Å²) in [6.07, 6.45) is 2.22. The van der Waals surface area contributed by atoms with Crippen molar-refractivity contribution in [3.8, 4) is 5.75 Å². The van der Waals surface area contributed by atoms with E-state index in [2.05, 4.69) is 20.8 Å². The molecule has 0 atom stereocenters. The van der Waals surface area contributed by atoms with E-state index in [1.54, 1.807) is 0 Å². The minimum absolute atomic E-state index is 0. The average molecular weight is 372 g/mol. The SMILES string of the molecule is Cl.Cl.NC1CCN(CCOc2ccc(Br)cc2)CC1. The Morgan fingerprint density at radius 1 is 1.16 bits per heavy atom. The van der Waals surface area contributed by atoms with Crippen LogP contribution in [0.5, 0.6) is 5.75 Å². The van der Waals surface area contributed by atoms with Crippen LogP contribution in [0.15, 0.2) is 28.7 Å². The number of rotatable bonds is 4. The standard InChI is InChI=1S/C13H19BrN2O.2ClH/c14-11-1-3-13(4-2-11)17-10-9-16-7-5-12(15)6-8-16;;/h1-4,12H,5-10,15H2;2*1H. The fraction of sp³-hybridized carbons (Fsp3) is 0.538. The number of ether oxygens (including phenoxy) is 1. The topological polar surface area (TPSA) is 38.5 Å². The first-order valence-corrected chi connectivity index (χ1v) is 6.89. The van der Waals surface area contributed by atoms with Crippen molar-refractivity contribution in [1.82, 2.24) is 4.90 Å². The van der Waals surface area contributed by atoms with Gasteiger partial charge in [0.1, 0.15) is 12.4 Å². The van der Waals surface area contributed by atoms with Crippen LogP contribution >= 0.6 is 40.7 Å². The van der Waals surface area contributed by atoms with Crippen molar-refractivity contribution in [2.24, 2.45) is 5.73 Å². The summed E-state index contributed by atoms with van der Waals surface area (Å²) in [4.78, 5) is 2.42. The third kappa shape index (κ3) is 6.82. The Balaban J connectivity index is 0.00000162. The van der Waals surface area contributed by atoms with Crippen LogP contribution in [-0.2, 0) is 0 Å². The number of benzene rings is 1. The van der Waals surface area contributed by atoms with E-state index in [9.17, 15) is 0 Å². The van der Waals surface area contributed by atoms with Gasteiger partial charge in [-0.3, -0.25) is 4.90 Å².